The molecule has 1 aliphatic rings. The van der Waals surface area contributed by atoms with Crippen LogP contribution in [0.5, 0.6) is 0 Å². The van der Waals surface area contributed by atoms with Crippen molar-refractivity contribution < 1.29 is 4.79 Å². The SMILES string of the molecule is Cc1cc2c(C(N)=O)cccc2n1-c1nc(NCc2ccccc2)c2c(n1)C(C)N(C)CC2. The molecule has 2 aromatic heterocycles. The summed E-state index contributed by atoms with van der Waals surface area (Å²) in [6.45, 7) is 5.83. The smallest absolute Gasteiger partial charge is 0.249 e. The average molecular weight is 441 g/mol. The van der Waals surface area contributed by atoms with Crippen molar-refractivity contribution >= 4 is 22.6 Å². The molecule has 0 aliphatic carbocycles. The van der Waals surface area contributed by atoms with Gasteiger partial charge in [0.2, 0.25) is 11.9 Å². The lowest BCUT2D eigenvalue weighted by Gasteiger charge is -2.32. The second kappa shape index (κ2) is 8.33. The van der Waals surface area contributed by atoms with Crippen LogP contribution < -0.4 is 11.1 Å². The lowest BCUT2D eigenvalue weighted by molar-refractivity contribution is 0.100. The number of anilines is 1. The molecule has 1 atom stereocenters. The Labute approximate surface area is 193 Å². The van der Waals surface area contributed by atoms with E-state index < -0.39 is 5.91 Å². The Hall–Kier alpha value is -3.71. The van der Waals surface area contributed by atoms with E-state index in [-0.39, 0.29) is 6.04 Å². The van der Waals surface area contributed by atoms with Crippen molar-refractivity contribution in [1.82, 2.24) is 19.4 Å². The van der Waals surface area contributed by atoms with E-state index in [0.717, 1.165) is 41.1 Å². The molecule has 0 bridgehead atoms. The van der Waals surface area contributed by atoms with Crippen LogP contribution >= 0.6 is 0 Å². The van der Waals surface area contributed by atoms with Crippen molar-refractivity contribution in [1.29, 1.82) is 0 Å². The first kappa shape index (κ1) is 21.2. The van der Waals surface area contributed by atoms with Gasteiger partial charge in [0.15, 0.2) is 0 Å². The normalized spacial score (nSPS) is 16.0. The summed E-state index contributed by atoms with van der Waals surface area (Å²) in [5.41, 5.74) is 11.4. The number of carbonyl (C=O) groups is 1. The Balaban J connectivity index is 1.66. The number of rotatable bonds is 5. The number of hydrogen-bond donors (Lipinski definition) is 2. The summed E-state index contributed by atoms with van der Waals surface area (Å²) in [6.07, 6.45) is 0.894. The lowest BCUT2D eigenvalue weighted by Crippen LogP contribution is -2.32. The molecule has 3 N–H and O–H groups in total. The van der Waals surface area contributed by atoms with E-state index in [1.165, 1.54) is 11.1 Å². The molecule has 0 radical (unpaired) electrons. The van der Waals surface area contributed by atoms with Gasteiger partial charge in [-0.3, -0.25) is 14.3 Å². The van der Waals surface area contributed by atoms with Gasteiger partial charge in [-0.25, -0.2) is 4.98 Å². The van der Waals surface area contributed by atoms with Crippen LogP contribution in [-0.2, 0) is 13.0 Å². The number of likely N-dealkylation sites (N-methyl/N-ethyl adjacent to an activating group) is 1. The number of carbonyl (C=O) groups excluding carboxylic acids is 1. The molecule has 7 nitrogen and oxygen atoms in total. The van der Waals surface area contributed by atoms with Crippen molar-refractivity contribution in [3.8, 4) is 5.95 Å². The standard InChI is InChI=1S/C26H28N6O/c1-16-14-21-19(24(27)33)10-7-11-22(21)32(16)26-29-23-17(2)31(3)13-12-20(23)25(30-26)28-15-18-8-5-4-6-9-18/h4-11,14,17H,12-13,15H2,1-3H3,(H2,27,33)(H,28,29,30). The van der Waals surface area contributed by atoms with E-state index in [1.54, 1.807) is 6.07 Å². The Morgan fingerprint density at radius 3 is 2.70 bits per heavy atom. The van der Waals surface area contributed by atoms with E-state index in [4.69, 9.17) is 15.7 Å². The number of amides is 1. The minimum absolute atomic E-state index is 0.177. The number of nitrogens with zero attached hydrogens (tertiary/aromatic N) is 4. The molecule has 5 rings (SSSR count). The zero-order valence-electron chi connectivity index (χ0n) is 19.2. The summed E-state index contributed by atoms with van der Waals surface area (Å²) >= 11 is 0. The maximum absolute atomic E-state index is 12.0. The Morgan fingerprint density at radius 1 is 1.15 bits per heavy atom. The zero-order valence-corrected chi connectivity index (χ0v) is 19.2. The van der Waals surface area contributed by atoms with E-state index in [2.05, 4.69) is 36.3 Å². The second-order valence-corrected chi connectivity index (χ2v) is 8.71. The Bertz CT molecular complexity index is 1340. The number of benzene rings is 2. The highest BCUT2D eigenvalue weighted by Gasteiger charge is 2.27. The molecular formula is C26H28N6O. The highest BCUT2D eigenvalue weighted by atomic mass is 16.1. The second-order valence-electron chi connectivity index (χ2n) is 8.71. The predicted octanol–water partition coefficient (Wildman–Crippen LogP) is 3.99. The summed E-state index contributed by atoms with van der Waals surface area (Å²) in [5, 5.41) is 4.38. The third kappa shape index (κ3) is 3.74. The molecule has 1 amide bonds. The van der Waals surface area contributed by atoms with Gasteiger partial charge in [-0.1, -0.05) is 36.4 Å². The van der Waals surface area contributed by atoms with Gasteiger partial charge >= 0.3 is 0 Å². The summed E-state index contributed by atoms with van der Waals surface area (Å²) < 4.78 is 2.01. The molecule has 7 heteroatoms. The van der Waals surface area contributed by atoms with Gasteiger partial charge in [-0.2, -0.15) is 4.98 Å². The van der Waals surface area contributed by atoms with Crippen molar-refractivity contribution in [2.75, 3.05) is 18.9 Å². The van der Waals surface area contributed by atoms with Gasteiger partial charge in [0.25, 0.3) is 0 Å². The first-order valence-electron chi connectivity index (χ1n) is 11.2. The third-order valence-electron chi connectivity index (χ3n) is 6.60. The van der Waals surface area contributed by atoms with Gasteiger partial charge in [0, 0.05) is 41.3 Å². The monoisotopic (exact) mass is 440 g/mol. The maximum atomic E-state index is 12.0. The molecule has 0 saturated heterocycles. The van der Waals surface area contributed by atoms with Crippen LogP contribution in [0.25, 0.3) is 16.9 Å². The topological polar surface area (TPSA) is 89.1 Å². The van der Waals surface area contributed by atoms with Gasteiger partial charge < -0.3 is 11.1 Å². The number of fused-ring (bicyclic) bond motifs is 2. The minimum atomic E-state index is -0.440. The first-order chi connectivity index (χ1) is 15.9. The van der Waals surface area contributed by atoms with Gasteiger partial charge in [-0.15, -0.1) is 0 Å². The molecule has 33 heavy (non-hydrogen) atoms. The highest BCUT2D eigenvalue weighted by molar-refractivity contribution is 6.06. The number of hydrogen-bond acceptors (Lipinski definition) is 5. The fourth-order valence-corrected chi connectivity index (χ4v) is 4.64. The van der Waals surface area contributed by atoms with E-state index >= 15 is 0 Å². The van der Waals surface area contributed by atoms with Crippen LogP contribution in [0.4, 0.5) is 5.82 Å². The largest absolute Gasteiger partial charge is 0.366 e. The fraction of sp³-hybridized carbons (Fsp3) is 0.269. The van der Waals surface area contributed by atoms with Crippen LogP contribution in [0.2, 0.25) is 0 Å². The molecule has 0 spiro atoms. The summed E-state index contributed by atoms with van der Waals surface area (Å²) in [7, 11) is 2.13. The summed E-state index contributed by atoms with van der Waals surface area (Å²) in [5.74, 6) is 1.02. The van der Waals surface area contributed by atoms with Crippen LogP contribution in [0.1, 0.15) is 45.8 Å². The Kier molecular flexibility index (Phi) is 5.34. The molecule has 4 aromatic rings. The number of nitrogens with two attached hydrogens (primary N) is 1. The minimum Gasteiger partial charge on any atom is -0.366 e. The van der Waals surface area contributed by atoms with Crippen LogP contribution in [0.3, 0.4) is 0 Å². The van der Waals surface area contributed by atoms with Crippen LogP contribution in [-0.4, -0.2) is 38.9 Å². The molecule has 2 aromatic carbocycles. The number of primary amides is 1. The quantitative estimate of drug-likeness (QED) is 0.490. The van der Waals surface area contributed by atoms with Crippen molar-refractivity contribution in [2.24, 2.45) is 5.73 Å². The van der Waals surface area contributed by atoms with Crippen LogP contribution in [0.15, 0.2) is 54.6 Å². The molecule has 1 unspecified atom stereocenters. The molecule has 3 heterocycles. The fourth-order valence-electron chi connectivity index (χ4n) is 4.64. The highest BCUT2D eigenvalue weighted by Crippen LogP contribution is 2.33. The van der Waals surface area contributed by atoms with Gasteiger partial charge in [-0.05, 0) is 51.1 Å². The first-order valence-corrected chi connectivity index (χ1v) is 11.2. The average Bonchev–Trinajstić information content (AvgIpc) is 3.16. The van der Waals surface area contributed by atoms with Crippen molar-refractivity contribution in [3.63, 3.8) is 0 Å². The van der Waals surface area contributed by atoms with E-state index in [1.807, 2.05) is 47.9 Å². The zero-order chi connectivity index (χ0) is 23.1. The van der Waals surface area contributed by atoms with Gasteiger partial charge in [0.05, 0.1) is 11.2 Å². The summed E-state index contributed by atoms with van der Waals surface area (Å²) in [6, 6.07) is 18.0. The maximum Gasteiger partial charge on any atom is 0.249 e. The van der Waals surface area contributed by atoms with E-state index in [9.17, 15) is 4.79 Å². The predicted molar refractivity (Wildman–Crippen MR) is 131 cm³/mol. The molecule has 168 valence electrons. The molecule has 1 aliphatic heterocycles. The lowest BCUT2D eigenvalue weighted by atomic mass is 9.99. The van der Waals surface area contributed by atoms with Crippen molar-refractivity contribution in [2.45, 2.75) is 32.9 Å². The number of nitrogens with one attached hydrogen (secondary N) is 1. The third-order valence-corrected chi connectivity index (χ3v) is 6.60. The van der Waals surface area contributed by atoms with Gasteiger partial charge in [0.1, 0.15) is 5.82 Å². The molecular weight excluding hydrogens is 412 g/mol. The number of aromatic nitrogens is 3. The van der Waals surface area contributed by atoms with Crippen molar-refractivity contribution in [3.05, 3.63) is 82.7 Å². The van der Waals surface area contributed by atoms with E-state index in [0.29, 0.717) is 18.1 Å². The molecule has 0 saturated carbocycles. The Morgan fingerprint density at radius 2 is 1.94 bits per heavy atom. The van der Waals surface area contributed by atoms with Crippen LogP contribution in [0, 0.1) is 6.92 Å². The summed E-state index contributed by atoms with van der Waals surface area (Å²) in [4.78, 5) is 24.3. The number of aryl methyl sites for hydroxylation is 1. The molecule has 0 fully saturated rings.